The monoisotopic (exact) mass is 623 g/mol. The topological polar surface area (TPSA) is 194 Å². The van der Waals surface area contributed by atoms with E-state index in [1.54, 1.807) is 0 Å². The lowest BCUT2D eigenvalue weighted by molar-refractivity contribution is -0.214. The van der Waals surface area contributed by atoms with Crippen molar-refractivity contribution in [1.29, 1.82) is 0 Å². The Labute approximate surface area is 259 Å². The summed E-state index contributed by atoms with van der Waals surface area (Å²) >= 11 is 0. The van der Waals surface area contributed by atoms with Crippen LogP contribution in [0.15, 0.2) is 36.4 Å². The van der Waals surface area contributed by atoms with Gasteiger partial charge >= 0.3 is 0 Å². The number of ether oxygens (including phenoxy) is 3. The Bertz CT molecular complexity index is 1530. The highest BCUT2D eigenvalue weighted by Crippen LogP contribution is 2.36. The summed E-state index contributed by atoms with van der Waals surface area (Å²) in [7, 11) is 0. The van der Waals surface area contributed by atoms with E-state index < -0.39 is 74.3 Å². The van der Waals surface area contributed by atoms with E-state index in [9.17, 15) is 40.9 Å². The fourth-order valence-electron chi connectivity index (χ4n) is 6.29. The van der Waals surface area contributed by atoms with Crippen LogP contribution in [-0.4, -0.2) is 133 Å². The van der Waals surface area contributed by atoms with Crippen LogP contribution in [0.25, 0.3) is 21.8 Å². The predicted molar refractivity (Wildman–Crippen MR) is 160 cm³/mol. The van der Waals surface area contributed by atoms with Gasteiger partial charge in [-0.2, -0.15) is 0 Å². The van der Waals surface area contributed by atoms with Crippen LogP contribution in [0.4, 0.5) is 0 Å². The smallest absolute Gasteiger partial charge is 0.147 e. The molecule has 8 N–H and O–H groups in total. The van der Waals surface area contributed by atoms with Crippen LogP contribution >= 0.6 is 0 Å². The van der Waals surface area contributed by atoms with Crippen molar-refractivity contribution >= 4 is 21.8 Å². The van der Waals surface area contributed by atoms with Crippen LogP contribution in [0.5, 0.6) is 0 Å². The molecule has 0 unspecified atom stereocenters. The number of aromatic nitrogens is 1. The molecule has 240 valence electrons. The summed E-state index contributed by atoms with van der Waals surface area (Å²) in [6, 6.07) is 11.6. The first-order valence-corrected chi connectivity index (χ1v) is 15.0. The van der Waals surface area contributed by atoms with Gasteiger partial charge in [0.15, 0.2) is 0 Å². The second kappa shape index (κ2) is 13.3. The van der Waals surface area contributed by atoms with Crippen molar-refractivity contribution in [2.45, 2.75) is 79.9 Å². The first-order valence-electron chi connectivity index (χ1n) is 15.0. The van der Waals surface area contributed by atoms with Gasteiger partial charge in [0.1, 0.15) is 61.0 Å². The first-order chi connectivity index (χ1) is 21.7. The molecule has 3 aliphatic heterocycles. The Balaban J connectivity index is 1.37. The molecule has 0 amide bonds. The van der Waals surface area contributed by atoms with E-state index in [0.29, 0.717) is 24.3 Å². The number of nitrogens with zero attached hydrogens (tertiary/aromatic N) is 1. The summed E-state index contributed by atoms with van der Waals surface area (Å²) in [6.45, 7) is 0.155. The highest BCUT2D eigenvalue weighted by molar-refractivity contribution is 6.08. The largest absolute Gasteiger partial charge is 0.394 e. The zero-order valence-corrected chi connectivity index (χ0v) is 24.3. The molecule has 4 heterocycles. The second-order valence-electron chi connectivity index (χ2n) is 11.7. The maximum absolute atomic E-state index is 10.4. The minimum absolute atomic E-state index is 0.126. The Morgan fingerprint density at radius 1 is 0.622 bits per heavy atom. The van der Waals surface area contributed by atoms with Crippen molar-refractivity contribution in [3.8, 4) is 23.7 Å². The maximum Gasteiger partial charge on any atom is 0.147 e. The van der Waals surface area contributed by atoms with E-state index in [1.807, 2.05) is 36.4 Å². The average Bonchev–Trinajstić information content (AvgIpc) is 3.38. The van der Waals surface area contributed by atoms with Crippen LogP contribution in [0.2, 0.25) is 0 Å². The fraction of sp³-hybridized carbons (Fsp3) is 0.515. The molecular weight excluding hydrogens is 586 g/mol. The van der Waals surface area contributed by atoms with Gasteiger partial charge < -0.3 is 59.6 Å². The van der Waals surface area contributed by atoms with Crippen LogP contribution < -0.4 is 0 Å². The van der Waals surface area contributed by atoms with Crippen LogP contribution in [-0.2, 0) is 14.2 Å². The molecule has 2 aromatic carbocycles. The minimum atomic E-state index is -1.51. The standard InChI is InChI=1S/C33H37NO11/c35-15-26-30(39)32(41)28(37)24(44-26)7-3-17-1-5-20-21-6-2-18(4-8-25-29(38)33(42)31(40)27(16-36)45-25)14-23(21)34(22(20)13-17)19-9-11-43-12-10-19/h1-2,5-6,13-14,19,24-33,35-42H,9-12,15-16H2/t24-,25-,26-,27-,28-,29-,30-,31-,32-,33-/m1/s1. The number of fused-ring (bicyclic) bond motifs is 3. The van der Waals surface area contributed by atoms with Gasteiger partial charge in [0, 0.05) is 41.2 Å². The van der Waals surface area contributed by atoms with Crippen LogP contribution in [0, 0.1) is 23.7 Å². The summed E-state index contributed by atoms with van der Waals surface area (Å²) in [5.74, 6) is 11.7. The molecule has 0 spiro atoms. The molecule has 0 aliphatic carbocycles. The highest BCUT2D eigenvalue weighted by Gasteiger charge is 2.43. The highest BCUT2D eigenvalue weighted by atomic mass is 16.5. The fourth-order valence-corrected chi connectivity index (χ4v) is 6.29. The van der Waals surface area contributed by atoms with Crippen molar-refractivity contribution in [2.75, 3.05) is 26.4 Å². The summed E-state index contributed by atoms with van der Waals surface area (Å²) in [5.41, 5.74) is 3.13. The minimum Gasteiger partial charge on any atom is -0.394 e. The summed E-state index contributed by atoms with van der Waals surface area (Å²) < 4.78 is 18.9. The number of aliphatic hydroxyl groups is 8. The predicted octanol–water partition coefficient (Wildman–Crippen LogP) is -1.47. The van der Waals surface area contributed by atoms with E-state index in [4.69, 9.17) is 14.2 Å². The van der Waals surface area contributed by atoms with Gasteiger partial charge in [-0.1, -0.05) is 35.8 Å². The quantitative estimate of drug-likeness (QED) is 0.159. The maximum atomic E-state index is 10.4. The molecule has 12 nitrogen and oxygen atoms in total. The molecule has 0 bridgehead atoms. The van der Waals surface area contributed by atoms with E-state index in [0.717, 1.165) is 34.6 Å². The van der Waals surface area contributed by atoms with Crippen molar-refractivity contribution in [3.05, 3.63) is 47.5 Å². The second-order valence-corrected chi connectivity index (χ2v) is 11.7. The molecule has 3 aromatic rings. The molecular formula is C33H37NO11. The first kappa shape index (κ1) is 31.9. The average molecular weight is 624 g/mol. The Hall–Kier alpha value is -3.08. The van der Waals surface area contributed by atoms with Gasteiger partial charge in [-0.25, -0.2) is 0 Å². The van der Waals surface area contributed by atoms with Gasteiger partial charge in [-0.3, -0.25) is 0 Å². The zero-order valence-electron chi connectivity index (χ0n) is 24.3. The third-order valence-corrected chi connectivity index (χ3v) is 8.86. The summed E-state index contributed by atoms with van der Waals surface area (Å²) in [4.78, 5) is 0. The molecule has 10 atom stereocenters. The zero-order chi connectivity index (χ0) is 31.8. The molecule has 0 saturated carbocycles. The Morgan fingerprint density at radius 3 is 1.49 bits per heavy atom. The lowest BCUT2D eigenvalue weighted by atomic mass is 9.95. The van der Waals surface area contributed by atoms with Crippen molar-refractivity contribution in [2.24, 2.45) is 0 Å². The summed E-state index contributed by atoms with van der Waals surface area (Å²) in [5, 5.41) is 82.1. The van der Waals surface area contributed by atoms with Gasteiger partial charge in [-0.15, -0.1) is 0 Å². The van der Waals surface area contributed by atoms with E-state index >= 15 is 0 Å². The van der Waals surface area contributed by atoms with Crippen molar-refractivity contribution in [1.82, 2.24) is 4.57 Å². The molecule has 12 heteroatoms. The van der Waals surface area contributed by atoms with Crippen LogP contribution in [0.3, 0.4) is 0 Å². The normalized spacial score (nSPS) is 34.2. The molecule has 0 radical (unpaired) electrons. The van der Waals surface area contributed by atoms with E-state index in [2.05, 4.69) is 28.2 Å². The molecule has 3 aliphatic rings. The number of rotatable bonds is 3. The SMILES string of the molecule is OC[C@H]1O[C@H](C#Cc2ccc3c4ccc(C#C[C@H]5O[C@H](CO)[C@@H](O)[C@H](O)[C@@H]5O)cc4n(C4CCOCC4)c3c2)[C@@H](O)[C@@H](O)[C@@H]1O. The molecule has 3 fully saturated rings. The van der Waals surface area contributed by atoms with Crippen molar-refractivity contribution in [3.63, 3.8) is 0 Å². The molecule has 45 heavy (non-hydrogen) atoms. The third-order valence-electron chi connectivity index (χ3n) is 8.86. The lowest BCUT2D eigenvalue weighted by Crippen LogP contribution is -2.58. The Kier molecular flexibility index (Phi) is 9.45. The van der Waals surface area contributed by atoms with E-state index in [1.165, 1.54) is 0 Å². The van der Waals surface area contributed by atoms with Gasteiger partial charge in [0.2, 0.25) is 0 Å². The molecule has 1 aromatic heterocycles. The number of benzene rings is 2. The number of aliphatic hydroxyl groups excluding tert-OH is 8. The van der Waals surface area contributed by atoms with Gasteiger partial charge in [-0.05, 0) is 37.1 Å². The lowest BCUT2D eigenvalue weighted by Gasteiger charge is -2.37. The number of hydrogen-bond acceptors (Lipinski definition) is 11. The third kappa shape index (κ3) is 6.09. The summed E-state index contributed by atoms with van der Waals surface area (Å²) in [6.07, 6.45) is -11.5. The number of hydrogen-bond donors (Lipinski definition) is 8. The van der Waals surface area contributed by atoms with E-state index in [-0.39, 0.29) is 6.04 Å². The van der Waals surface area contributed by atoms with Crippen LogP contribution in [0.1, 0.15) is 30.0 Å². The van der Waals surface area contributed by atoms with Gasteiger partial charge in [0.05, 0.1) is 24.2 Å². The Morgan fingerprint density at radius 2 is 1.07 bits per heavy atom. The molecule has 3 saturated heterocycles. The van der Waals surface area contributed by atoms with Gasteiger partial charge in [0.25, 0.3) is 0 Å². The van der Waals surface area contributed by atoms with Crippen molar-refractivity contribution < 1.29 is 55.1 Å². The molecule has 6 rings (SSSR count).